The van der Waals surface area contributed by atoms with Gasteiger partial charge in [-0.2, -0.15) is 0 Å². The Morgan fingerprint density at radius 1 is 0.852 bits per heavy atom. The second-order valence-electron chi connectivity index (χ2n) is 6.17. The van der Waals surface area contributed by atoms with E-state index in [1.165, 1.54) is 11.3 Å². The SMILES string of the molecule is O=CNc1ccc2c(c1)-c1csc(N3C(=O)c4ccccc4C3=O)c1C2=O. The van der Waals surface area contributed by atoms with E-state index < -0.39 is 11.8 Å². The van der Waals surface area contributed by atoms with Crippen molar-refractivity contribution in [2.24, 2.45) is 0 Å². The Morgan fingerprint density at radius 3 is 2.22 bits per heavy atom. The van der Waals surface area contributed by atoms with Crippen molar-refractivity contribution in [3.05, 3.63) is 70.1 Å². The van der Waals surface area contributed by atoms with E-state index in [9.17, 15) is 19.2 Å². The molecule has 1 aromatic heterocycles. The van der Waals surface area contributed by atoms with Crippen molar-refractivity contribution in [2.75, 3.05) is 10.2 Å². The van der Waals surface area contributed by atoms with Gasteiger partial charge in [0.2, 0.25) is 6.41 Å². The van der Waals surface area contributed by atoms with Crippen molar-refractivity contribution in [3.8, 4) is 11.1 Å². The molecule has 2 heterocycles. The lowest BCUT2D eigenvalue weighted by atomic mass is 10.1. The Labute approximate surface area is 157 Å². The van der Waals surface area contributed by atoms with Crippen LogP contribution in [0.15, 0.2) is 47.8 Å². The number of hydrogen-bond donors (Lipinski definition) is 1. The highest BCUT2D eigenvalue weighted by Gasteiger charge is 2.42. The number of thiophene rings is 1. The van der Waals surface area contributed by atoms with Crippen molar-refractivity contribution in [1.82, 2.24) is 0 Å². The molecule has 0 saturated carbocycles. The summed E-state index contributed by atoms with van der Waals surface area (Å²) in [6.07, 6.45) is 0.567. The summed E-state index contributed by atoms with van der Waals surface area (Å²) in [7, 11) is 0. The van der Waals surface area contributed by atoms with E-state index in [1.807, 2.05) is 0 Å². The summed E-state index contributed by atoms with van der Waals surface area (Å²) in [4.78, 5) is 50.3. The quantitative estimate of drug-likeness (QED) is 0.440. The first-order chi connectivity index (χ1) is 13.1. The number of carbonyl (C=O) groups is 4. The number of nitrogens with zero attached hydrogens (tertiary/aromatic N) is 1. The molecule has 0 radical (unpaired) electrons. The second kappa shape index (κ2) is 5.46. The van der Waals surface area contributed by atoms with Gasteiger partial charge in [0, 0.05) is 22.2 Å². The normalized spacial score (nSPS) is 14.2. The number of rotatable bonds is 3. The molecule has 3 amide bonds. The first-order valence-corrected chi connectivity index (χ1v) is 8.98. The van der Waals surface area contributed by atoms with Crippen LogP contribution in [0, 0.1) is 0 Å². The largest absolute Gasteiger partial charge is 0.329 e. The topological polar surface area (TPSA) is 83.6 Å². The van der Waals surface area contributed by atoms with Gasteiger partial charge in [0.15, 0.2) is 5.78 Å². The molecule has 2 aliphatic rings. The lowest BCUT2D eigenvalue weighted by Gasteiger charge is -2.12. The molecule has 7 heteroatoms. The molecule has 130 valence electrons. The number of fused-ring (bicyclic) bond motifs is 4. The molecule has 5 rings (SSSR count). The van der Waals surface area contributed by atoms with Crippen LogP contribution in [-0.4, -0.2) is 24.0 Å². The maximum atomic E-state index is 12.9. The molecular weight excluding hydrogens is 364 g/mol. The minimum Gasteiger partial charge on any atom is -0.329 e. The summed E-state index contributed by atoms with van der Waals surface area (Å²) in [6.45, 7) is 0. The van der Waals surface area contributed by atoms with Gasteiger partial charge in [0.25, 0.3) is 11.8 Å². The molecular formula is C20H10N2O4S. The number of imide groups is 1. The zero-order valence-corrected chi connectivity index (χ0v) is 14.5. The number of hydrogen-bond acceptors (Lipinski definition) is 5. The minimum atomic E-state index is -0.424. The lowest BCUT2D eigenvalue weighted by molar-refractivity contribution is -0.105. The molecule has 1 aliphatic heterocycles. The average Bonchev–Trinajstić information content (AvgIpc) is 3.29. The van der Waals surface area contributed by atoms with Gasteiger partial charge < -0.3 is 5.32 Å². The van der Waals surface area contributed by atoms with Crippen LogP contribution in [0.5, 0.6) is 0 Å². The molecule has 0 unspecified atom stereocenters. The smallest absolute Gasteiger partial charge is 0.266 e. The van der Waals surface area contributed by atoms with E-state index in [1.54, 1.807) is 47.8 Å². The molecule has 27 heavy (non-hydrogen) atoms. The second-order valence-corrected chi connectivity index (χ2v) is 7.03. The molecule has 6 nitrogen and oxygen atoms in total. The van der Waals surface area contributed by atoms with Crippen LogP contribution in [0.25, 0.3) is 11.1 Å². The zero-order valence-electron chi connectivity index (χ0n) is 13.7. The molecule has 0 fully saturated rings. The van der Waals surface area contributed by atoms with Gasteiger partial charge in [-0.3, -0.25) is 19.2 Å². The molecule has 0 bridgehead atoms. The van der Waals surface area contributed by atoms with Gasteiger partial charge in [-0.1, -0.05) is 12.1 Å². The number of amides is 3. The van der Waals surface area contributed by atoms with Crippen molar-refractivity contribution in [1.29, 1.82) is 0 Å². The lowest BCUT2D eigenvalue weighted by Crippen LogP contribution is -2.29. The molecule has 0 spiro atoms. The highest BCUT2D eigenvalue weighted by atomic mass is 32.1. The fraction of sp³-hybridized carbons (Fsp3) is 0. The number of ketones is 1. The minimum absolute atomic E-state index is 0.231. The van der Waals surface area contributed by atoms with Crippen LogP contribution in [0.2, 0.25) is 0 Å². The summed E-state index contributed by atoms with van der Waals surface area (Å²) in [6, 6.07) is 11.6. The van der Waals surface area contributed by atoms with Crippen LogP contribution in [0.1, 0.15) is 36.6 Å². The van der Waals surface area contributed by atoms with Crippen molar-refractivity contribution < 1.29 is 19.2 Å². The Hall–Kier alpha value is -3.58. The fourth-order valence-electron chi connectivity index (χ4n) is 3.56. The van der Waals surface area contributed by atoms with Gasteiger partial charge in [-0.25, -0.2) is 4.90 Å². The van der Waals surface area contributed by atoms with Crippen LogP contribution >= 0.6 is 11.3 Å². The Kier molecular flexibility index (Phi) is 3.16. The van der Waals surface area contributed by atoms with E-state index in [4.69, 9.17) is 0 Å². The van der Waals surface area contributed by atoms with E-state index in [0.717, 1.165) is 4.90 Å². The van der Waals surface area contributed by atoms with Crippen molar-refractivity contribution in [2.45, 2.75) is 0 Å². The van der Waals surface area contributed by atoms with Gasteiger partial charge >= 0.3 is 0 Å². The summed E-state index contributed by atoms with van der Waals surface area (Å²) < 4.78 is 0. The number of benzene rings is 2. The summed E-state index contributed by atoms with van der Waals surface area (Å²) in [5, 5.41) is 4.67. The van der Waals surface area contributed by atoms with E-state index in [-0.39, 0.29) is 5.78 Å². The maximum Gasteiger partial charge on any atom is 0.266 e. The fourth-order valence-corrected chi connectivity index (χ4v) is 4.63. The predicted octanol–water partition coefficient (Wildman–Crippen LogP) is 3.33. The van der Waals surface area contributed by atoms with Crippen LogP contribution in [-0.2, 0) is 4.79 Å². The number of anilines is 2. The Bertz CT molecular complexity index is 1160. The van der Waals surface area contributed by atoms with Crippen molar-refractivity contribution >= 4 is 46.0 Å². The maximum absolute atomic E-state index is 12.9. The molecule has 1 aliphatic carbocycles. The number of nitrogens with one attached hydrogen (secondary N) is 1. The van der Waals surface area contributed by atoms with Gasteiger partial charge in [0.1, 0.15) is 5.00 Å². The average molecular weight is 374 g/mol. The Balaban J connectivity index is 1.65. The van der Waals surface area contributed by atoms with Gasteiger partial charge in [-0.05, 0) is 35.9 Å². The summed E-state index contributed by atoms with van der Waals surface area (Å²) in [5.41, 5.74) is 3.44. The monoisotopic (exact) mass is 374 g/mol. The summed E-state index contributed by atoms with van der Waals surface area (Å²) in [5.74, 6) is -1.08. The van der Waals surface area contributed by atoms with Crippen LogP contribution in [0.4, 0.5) is 10.7 Å². The highest BCUT2D eigenvalue weighted by molar-refractivity contribution is 7.15. The van der Waals surface area contributed by atoms with Gasteiger partial charge in [0.05, 0.1) is 16.7 Å². The molecule has 0 saturated heterocycles. The van der Waals surface area contributed by atoms with E-state index in [0.29, 0.717) is 50.5 Å². The molecule has 1 N–H and O–H groups in total. The predicted molar refractivity (Wildman–Crippen MR) is 100 cm³/mol. The van der Waals surface area contributed by atoms with E-state index >= 15 is 0 Å². The Morgan fingerprint density at radius 2 is 1.56 bits per heavy atom. The summed E-state index contributed by atoms with van der Waals surface area (Å²) >= 11 is 1.19. The highest BCUT2D eigenvalue weighted by Crippen LogP contribution is 2.47. The van der Waals surface area contributed by atoms with Crippen molar-refractivity contribution in [3.63, 3.8) is 0 Å². The van der Waals surface area contributed by atoms with E-state index in [2.05, 4.69) is 5.32 Å². The van der Waals surface area contributed by atoms with Crippen LogP contribution < -0.4 is 10.2 Å². The van der Waals surface area contributed by atoms with Crippen LogP contribution in [0.3, 0.4) is 0 Å². The molecule has 0 atom stereocenters. The molecule has 3 aromatic rings. The molecule has 2 aromatic carbocycles. The standard InChI is InChI=1S/C20H10N2O4S/c23-9-21-10-5-6-11-14(7-10)15-8-27-20(16(15)17(11)24)22-18(25)12-3-1-2-4-13(12)19(22)26/h1-9H,(H,21,23). The zero-order chi connectivity index (χ0) is 18.7. The number of carbonyl (C=O) groups excluding carboxylic acids is 4. The first kappa shape index (κ1) is 15.7. The van der Waals surface area contributed by atoms with Gasteiger partial charge in [-0.15, -0.1) is 11.3 Å². The first-order valence-electron chi connectivity index (χ1n) is 8.10. The third kappa shape index (κ3) is 2.00. The third-order valence-electron chi connectivity index (χ3n) is 4.78. The third-order valence-corrected chi connectivity index (χ3v) is 5.74.